The summed E-state index contributed by atoms with van der Waals surface area (Å²) in [4.78, 5) is 27.5. The molecule has 29 heavy (non-hydrogen) atoms. The fraction of sp³-hybridized carbons (Fsp3) is 0.417. The fourth-order valence-electron chi connectivity index (χ4n) is 3.77. The van der Waals surface area contributed by atoms with E-state index < -0.39 is 0 Å². The fourth-order valence-corrected chi connectivity index (χ4v) is 3.77. The molecule has 0 radical (unpaired) electrons. The molecule has 2 amide bonds. The van der Waals surface area contributed by atoms with Crippen molar-refractivity contribution in [1.29, 1.82) is 0 Å². The summed E-state index contributed by atoms with van der Waals surface area (Å²) >= 11 is 0. The van der Waals surface area contributed by atoms with Gasteiger partial charge < -0.3 is 15.0 Å². The van der Waals surface area contributed by atoms with Crippen LogP contribution in [0.4, 0.5) is 0 Å². The van der Waals surface area contributed by atoms with Gasteiger partial charge >= 0.3 is 0 Å². The Kier molecular flexibility index (Phi) is 7.68. The number of benzene rings is 2. The predicted octanol–water partition coefficient (Wildman–Crippen LogP) is 3.92. The molecule has 1 unspecified atom stereocenters. The van der Waals surface area contributed by atoms with Gasteiger partial charge in [0.2, 0.25) is 11.8 Å². The van der Waals surface area contributed by atoms with E-state index >= 15 is 0 Å². The molecule has 1 aliphatic rings. The number of rotatable bonds is 8. The van der Waals surface area contributed by atoms with Gasteiger partial charge in [0.1, 0.15) is 5.75 Å². The highest BCUT2D eigenvalue weighted by Crippen LogP contribution is 2.23. The number of hydrogen-bond acceptors (Lipinski definition) is 3. The molecule has 0 aromatic heterocycles. The highest BCUT2D eigenvalue weighted by Gasteiger charge is 2.28. The van der Waals surface area contributed by atoms with Crippen molar-refractivity contribution >= 4 is 11.8 Å². The first kappa shape index (κ1) is 20.9. The number of para-hydroxylation sites is 1. The van der Waals surface area contributed by atoms with E-state index in [0.717, 1.165) is 42.7 Å². The molecule has 3 rings (SSSR count). The summed E-state index contributed by atoms with van der Waals surface area (Å²) in [6.45, 7) is 4.30. The van der Waals surface area contributed by atoms with Crippen molar-refractivity contribution in [2.45, 2.75) is 45.7 Å². The average Bonchev–Trinajstić information content (AvgIpc) is 2.90. The number of likely N-dealkylation sites (tertiary alicyclic amines) is 1. The summed E-state index contributed by atoms with van der Waals surface area (Å²) in [5, 5.41) is 2.96. The lowest BCUT2D eigenvalue weighted by molar-refractivity contribution is -0.138. The maximum absolute atomic E-state index is 13.0. The maximum Gasteiger partial charge on any atom is 0.226 e. The zero-order chi connectivity index (χ0) is 20.5. The third-order valence-electron chi connectivity index (χ3n) is 5.29. The molecule has 0 aliphatic carbocycles. The first-order chi connectivity index (χ1) is 14.2. The molecule has 1 fully saturated rings. The number of amides is 2. The van der Waals surface area contributed by atoms with Crippen LogP contribution in [0.5, 0.6) is 5.75 Å². The lowest BCUT2D eigenvalue weighted by atomic mass is 9.98. The summed E-state index contributed by atoms with van der Waals surface area (Å²) in [6.07, 6.45) is 2.97. The zero-order valence-corrected chi connectivity index (χ0v) is 17.1. The van der Waals surface area contributed by atoms with Crippen LogP contribution in [0.15, 0.2) is 54.6 Å². The van der Waals surface area contributed by atoms with Crippen LogP contribution in [0.1, 0.15) is 43.7 Å². The van der Waals surface area contributed by atoms with Crippen molar-refractivity contribution in [3.8, 4) is 5.75 Å². The van der Waals surface area contributed by atoms with Gasteiger partial charge in [-0.3, -0.25) is 9.59 Å². The number of nitrogens with zero attached hydrogens (tertiary/aromatic N) is 1. The van der Waals surface area contributed by atoms with Gasteiger partial charge in [-0.25, -0.2) is 0 Å². The minimum Gasteiger partial charge on any atom is -0.494 e. The molecule has 2 aromatic carbocycles. The number of nitrogens with one attached hydrogen (secondary N) is 1. The molecule has 1 heterocycles. The highest BCUT2D eigenvalue weighted by atomic mass is 16.5. The van der Waals surface area contributed by atoms with Crippen LogP contribution in [-0.4, -0.2) is 29.9 Å². The van der Waals surface area contributed by atoms with Crippen molar-refractivity contribution in [2.75, 3.05) is 13.2 Å². The Balaban J connectivity index is 1.56. The Labute approximate surface area is 173 Å². The molecule has 0 spiro atoms. The third-order valence-corrected chi connectivity index (χ3v) is 5.29. The Morgan fingerprint density at radius 3 is 2.66 bits per heavy atom. The minimum atomic E-state index is -0.247. The molecule has 0 bridgehead atoms. The summed E-state index contributed by atoms with van der Waals surface area (Å²) in [6, 6.07) is 17.7. The number of hydrogen-bond donors (Lipinski definition) is 1. The molecule has 1 saturated heterocycles. The lowest BCUT2D eigenvalue weighted by Gasteiger charge is -2.24. The molecular weight excluding hydrogens is 364 g/mol. The zero-order valence-electron chi connectivity index (χ0n) is 17.1. The largest absolute Gasteiger partial charge is 0.494 e. The lowest BCUT2D eigenvalue weighted by Crippen LogP contribution is -2.37. The Hall–Kier alpha value is -2.82. The smallest absolute Gasteiger partial charge is 0.226 e. The molecular formula is C24H30N2O3. The van der Waals surface area contributed by atoms with Crippen LogP contribution in [0, 0.1) is 5.92 Å². The molecule has 1 aliphatic heterocycles. The van der Waals surface area contributed by atoms with Crippen LogP contribution in [-0.2, 0) is 22.7 Å². The first-order valence-electron chi connectivity index (χ1n) is 10.5. The van der Waals surface area contributed by atoms with Gasteiger partial charge in [0.05, 0.1) is 6.61 Å². The van der Waals surface area contributed by atoms with E-state index in [0.29, 0.717) is 19.7 Å². The van der Waals surface area contributed by atoms with Crippen LogP contribution >= 0.6 is 0 Å². The van der Waals surface area contributed by atoms with Gasteiger partial charge in [-0.05, 0) is 31.4 Å². The predicted molar refractivity (Wildman–Crippen MR) is 113 cm³/mol. The monoisotopic (exact) mass is 394 g/mol. The van der Waals surface area contributed by atoms with Gasteiger partial charge in [-0.2, -0.15) is 0 Å². The minimum absolute atomic E-state index is 0.0868. The molecule has 1 N–H and O–H groups in total. The molecule has 1 atom stereocenters. The van der Waals surface area contributed by atoms with Gasteiger partial charge in [-0.1, -0.05) is 55.0 Å². The normalized spacial score (nSPS) is 16.9. The van der Waals surface area contributed by atoms with Crippen molar-refractivity contribution in [1.82, 2.24) is 10.2 Å². The molecule has 154 valence electrons. The molecule has 0 saturated carbocycles. The van der Waals surface area contributed by atoms with Crippen molar-refractivity contribution < 1.29 is 14.3 Å². The van der Waals surface area contributed by atoms with Crippen LogP contribution in [0.3, 0.4) is 0 Å². The number of carbonyl (C=O) groups is 2. The maximum atomic E-state index is 13.0. The van der Waals surface area contributed by atoms with Gasteiger partial charge in [0.15, 0.2) is 0 Å². The first-order valence-corrected chi connectivity index (χ1v) is 10.5. The van der Waals surface area contributed by atoms with E-state index in [1.54, 1.807) is 0 Å². The second kappa shape index (κ2) is 10.6. The van der Waals surface area contributed by atoms with Gasteiger partial charge in [0, 0.05) is 37.5 Å². The second-order valence-corrected chi connectivity index (χ2v) is 7.46. The summed E-state index contributed by atoms with van der Waals surface area (Å²) in [5.41, 5.74) is 2.07. The van der Waals surface area contributed by atoms with E-state index in [9.17, 15) is 9.59 Å². The van der Waals surface area contributed by atoms with Crippen molar-refractivity contribution in [3.63, 3.8) is 0 Å². The van der Waals surface area contributed by atoms with Crippen LogP contribution in [0.25, 0.3) is 0 Å². The topological polar surface area (TPSA) is 58.6 Å². The van der Waals surface area contributed by atoms with E-state index in [1.807, 2.05) is 66.4 Å². The van der Waals surface area contributed by atoms with Crippen molar-refractivity contribution in [2.24, 2.45) is 5.92 Å². The van der Waals surface area contributed by atoms with E-state index in [1.165, 1.54) is 0 Å². The quantitative estimate of drug-likeness (QED) is 0.738. The Bertz CT molecular complexity index is 807. The molecule has 5 heteroatoms. The SMILES string of the molecule is CCOc1ccccc1CNC(=O)CC1CCCCN(Cc2ccccc2)C1=O. The molecule has 5 nitrogen and oxygen atoms in total. The average molecular weight is 395 g/mol. The van der Waals surface area contributed by atoms with E-state index in [-0.39, 0.29) is 24.2 Å². The number of carbonyl (C=O) groups excluding carboxylic acids is 2. The summed E-state index contributed by atoms with van der Waals surface area (Å²) < 4.78 is 5.61. The van der Waals surface area contributed by atoms with E-state index in [4.69, 9.17) is 4.74 Å². The molecule has 2 aromatic rings. The van der Waals surface area contributed by atoms with Crippen LogP contribution in [0.2, 0.25) is 0 Å². The third kappa shape index (κ3) is 6.08. The Morgan fingerprint density at radius 2 is 1.86 bits per heavy atom. The van der Waals surface area contributed by atoms with Gasteiger partial charge in [0.25, 0.3) is 0 Å². The highest BCUT2D eigenvalue weighted by molar-refractivity contribution is 5.86. The summed E-state index contributed by atoms with van der Waals surface area (Å²) in [7, 11) is 0. The number of ether oxygens (including phenoxy) is 1. The second-order valence-electron chi connectivity index (χ2n) is 7.46. The van der Waals surface area contributed by atoms with Crippen molar-refractivity contribution in [3.05, 3.63) is 65.7 Å². The van der Waals surface area contributed by atoms with Gasteiger partial charge in [-0.15, -0.1) is 0 Å². The Morgan fingerprint density at radius 1 is 1.10 bits per heavy atom. The standard InChI is InChI=1S/C24H30N2O3/c1-2-29-22-14-7-6-13-21(22)17-25-23(27)16-20-12-8-9-15-26(24(20)28)18-19-10-4-3-5-11-19/h3-7,10-11,13-14,20H,2,8-9,12,15-18H2,1H3,(H,25,27). The van der Waals surface area contributed by atoms with E-state index in [2.05, 4.69) is 5.32 Å². The summed E-state index contributed by atoms with van der Waals surface area (Å²) in [5.74, 6) is 0.547. The van der Waals surface area contributed by atoms with Crippen LogP contribution < -0.4 is 10.1 Å².